The molecular weight excluding hydrogens is 640 g/mol. The molecule has 2 unspecified atom stereocenters. The average Bonchev–Trinajstić information content (AvgIpc) is 3.72. The van der Waals surface area contributed by atoms with Crippen LogP contribution < -0.4 is 17.0 Å². The zero-order valence-corrected chi connectivity index (χ0v) is 25.3. The molecule has 4 aromatic rings. The highest BCUT2D eigenvalue weighted by Gasteiger charge is 2.52. The first kappa shape index (κ1) is 30.4. The van der Waals surface area contributed by atoms with Gasteiger partial charge in [-0.1, -0.05) is 0 Å². The number of nitrogen functional groups attached to an aromatic ring is 2. The number of nitrogens with one attached hydrogen (secondary N) is 1. The number of rotatable bonds is 2. The van der Waals surface area contributed by atoms with Crippen LogP contribution in [0.1, 0.15) is 12.5 Å². The number of aromatic nitrogens is 8. The smallest absolute Gasteiger partial charge is 0.280 e. The van der Waals surface area contributed by atoms with E-state index >= 15 is 0 Å². The monoisotopic (exact) mass is 666 g/mol. The average molecular weight is 666 g/mol. The van der Waals surface area contributed by atoms with Crippen LogP contribution in [0.15, 0.2) is 23.8 Å². The van der Waals surface area contributed by atoms with Gasteiger partial charge in [0, 0.05) is 0 Å². The first-order valence-corrected chi connectivity index (χ1v) is 17.4. The van der Waals surface area contributed by atoms with E-state index in [0.29, 0.717) is 0 Å². The lowest BCUT2D eigenvalue weighted by atomic mass is 10.1. The highest BCUT2D eigenvalue weighted by Crippen LogP contribution is 2.53. The third-order valence-electron chi connectivity index (χ3n) is 7.58. The maximum atomic E-state index is 13.7. The predicted octanol–water partition coefficient (Wildman–Crippen LogP) is -3.06. The number of hydrogen-bond acceptors (Lipinski definition) is 18. The minimum Gasteiger partial charge on any atom is -0.387 e. The second-order valence-corrected chi connectivity index (χ2v) is 14.8. The summed E-state index contributed by atoms with van der Waals surface area (Å²) >= 11 is 0. The van der Waals surface area contributed by atoms with Gasteiger partial charge in [-0.2, -0.15) is 4.98 Å². The molecule has 0 spiro atoms. The summed E-state index contributed by atoms with van der Waals surface area (Å²) in [5, 5.41) is 22.5. The number of fused-ring (bicyclic) bond motifs is 5. The lowest BCUT2D eigenvalue weighted by molar-refractivity contribution is -0.0578. The molecule has 7 rings (SSSR count). The van der Waals surface area contributed by atoms with E-state index in [1.54, 1.807) is 0 Å². The van der Waals surface area contributed by atoms with Gasteiger partial charge < -0.3 is 49.2 Å². The zero-order chi connectivity index (χ0) is 31.8. The van der Waals surface area contributed by atoms with Gasteiger partial charge >= 0.3 is 0 Å². The summed E-state index contributed by atoms with van der Waals surface area (Å²) in [5.41, 5.74) is 11.4. The largest absolute Gasteiger partial charge is 0.387 e. The van der Waals surface area contributed by atoms with Gasteiger partial charge in [0.2, 0.25) is 5.95 Å². The van der Waals surface area contributed by atoms with Gasteiger partial charge in [0.05, 0.1) is 25.9 Å². The van der Waals surface area contributed by atoms with Gasteiger partial charge in [-0.25, -0.2) is 19.9 Å². The summed E-state index contributed by atoms with van der Waals surface area (Å²) in [7, 11) is -5.72. The first-order chi connectivity index (χ1) is 21.3. The maximum absolute atomic E-state index is 13.7. The standard InChI is InChI=1S/C20H26B2N10O11P2/c21-44(36)38-1-6-10(33)13(19(40-6)32-5-28-9-16(32)29-20(24)30-17(9)35)43-45(22,37)39-2-7-12(42-44)11(34)18(41-7)31-4-27-8-14(23)25-3-26-15(8)31/h3-7,10-13,18-19,33-34H,1-2,21-22H2,(H2,23,25,26)(H3,24,29,30,35)/t6?,7-,10+,11+,12+,13+,18?,19-,44+,45+/m1/s1. The van der Waals surface area contributed by atoms with Gasteiger partial charge in [0.15, 0.2) is 35.1 Å². The molecule has 7 heterocycles. The molecule has 3 saturated heterocycles. The topological polar surface area (TPSA) is 289 Å². The molecule has 3 aliphatic rings. The first-order valence-electron chi connectivity index (χ1n) is 13.5. The highest BCUT2D eigenvalue weighted by atomic mass is 31.2. The molecule has 21 nitrogen and oxygen atoms in total. The van der Waals surface area contributed by atoms with E-state index in [2.05, 4.69) is 29.9 Å². The molecule has 7 N–H and O–H groups in total. The van der Waals surface area contributed by atoms with Crippen molar-refractivity contribution in [1.29, 1.82) is 0 Å². The second-order valence-electron chi connectivity index (χ2n) is 10.7. The molecule has 0 aliphatic carbocycles. The van der Waals surface area contributed by atoms with Crippen LogP contribution in [0.25, 0.3) is 22.3 Å². The fourth-order valence-corrected chi connectivity index (χ4v) is 7.84. The van der Waals surface area contributed by atoms with Crippen molar-refractivity contribution >= 4 is 64.2 Å². The number of nitrogens with zero attached hydrogens (tertiary/aromatic N) is 7. The Morgan fingerprint density at radius 1 is 0.844 bits per heavy atom. The van der Waals surface area contributed by atoms with Gasteiger partial charge in [0.1, 0.15) is 48.5 Å². The number of hydrogen-bond donors (Lipinski definition) is 5. The van der Waals surface area contributed by atoms with Crippen molar-refractivity contribution in [3.05, 3.63) is 29.3 Å². The Kier molecular flexibility index (Phi) is 7.40. The van der Waals surface area contributed by atoms with Crippen molar-refractivity contribution in [3.63, 3.8) is 0 Å². The predicted molar refractivity (Wildman–Crippen MR) is 156 cm³/mol. The van der Waals surface area contributed by atoms with Crippen LogP contribution in [0.3, 0.4) is 0 Å². The fraction of sp³-hybridized carbons (Fsp3) is 0.500. The van der Waals surface area contributed by atoms with Gasteiger partial charge in [-0.3, -0.25) is 28.0 Å². The Labute approximate surface area is 253 Å². The molecule has 25 heteroatoms. The molecular formula is C20H26B2N10O11P2. The van der Waals surface area contributed by atoms with Crippen molar-refractivity contribution in [3.8, 4) is 0 Å². The van der Waals surface area contributed by atoms with E-state index in [4.69, 9.17) is 39.0 Å². The third-order valence-corrected chi connectivity index (χ3v) is 10.1. The highest BCUT2D eigenvalue weighted by molar-refractivity contribution is 7.79. The molecule has 238 valence electrons. The van der Waals surface area contributed by atoms with Crippen molar-refractivity contribution in [1.82, 2.24) is 39.0 Å². The summed E-state index contributed by atoms with van der Waals surface area (Å²) in [6, 6.07) is 0. The Bertz CT molecular complexity index is 1940. The van der Waals surface area contributed by atoms with Gasteiger partial charge in [0.25, 0.3) is 35.6 Å². The van der Waals surface area contributed by atoms with Gasteiger partial charge in [-0.05, 0) is 0 Å². The summed E-state index contributed by atoms with van der Waals surface area (Å²) in [4.78, 5) is 35.1. The Morgan fingerprint density at radius 2 is 1.47 bits per heavy atom. The van der Waals surface area contributed by atoms with E-state index in [1.807, 2.05) is 0 Å². The number of anilines is 2. The molecule has 3 aliphatic heterocycles. The van der Waals surface area contributed by atoms with Crippen LogP contribution in [-0.2, 0) is 36.7 Å². The van der Waals surface area contributed by atoms with Crippen molar-refractivity contribution in [2.45, 2.75) is 49.1 Å². The number of nitrogens with two attached hydrogens (primary N) is 2. The van der Waals surface area contributed by atoms with E-state index in [0.717, 1.165) is 0 Å². The van der Waals surface area contributed by atoms with Crippen LogP contribution in [0.5, 0.6) is 0 Å². The molecule has 10 atom stereocenters. The Hall–Kier alpha value is -3.23. The van der Waals surface area contributed by atoms with Crippen LogP contribution in [0, 0.1) is 0 Å². The number of aromatic amines is 1. The maximum Gasteiger partial charge on any atom is 0.280 e. The molecule has 0 radical (unpaired) electrons. The van der Waals surface area contributed by atoms with E-state index < -0.39 is 82.8 Å². The molecule has 45 heavy (non-hydrogen) atoms. The fourth-order valence-electron chi connectivity index (χ4n) is 5.51. The normalized spacial score (nSPS) is 37.6. The van der Waals surface area contributed by atoms with E-state index in [1.165, 1.54) is 43.2 Å². The minimum absolute atomic E-state index is 0.00219. The van der Waals surface area contributed by atoms with E-state index in [9.17, 15) is 24.1 Å². The third kappa shape index (κ3) is 5.38. The van der Waals surface area contributed by atoms with Crippen LogP contribution in [-0.4, -0.2) is 114 Å². The Morgan fingerprint density at radius 3 is 2.20 bits per heavy atom. The molecule has 2 bridgehead atoms. The number of imidazole rings is 2. The number of aliphatic hydroxyl groups is 2. The quantitative estimate of drug-likeness (QED) is 0.105. The summed E-state index contributed by atoms with van der Waals surface area (Å²) in [6.07, 6.45) is -6.66. The molecule has 0 saturated carbocycles. The molecule has 3 fully saturated rings. The van der Waals surface area contributed by atoms with Crippen molar-refractivity contribution in [2.75, 3.05) is 24.7 Å². The number of ether oxygens (including phenoxy) is 2. The minimum atomic E-state index is -4.05. The number of aliphatic hydroxyl groups excluding tert-OH is 2. The number of H-pyrrole nitrogens is 1. The lowest BCUT2D eigenvalue weighted by Gasteiger charge is -2.27. The SMILES string of the molecule is B[P@]1(=O)OCC2O[C@@H](n3cnc4c(=O)[nH]c(N)nc43)[C@@H](O[P@@](B)(=O)OC[C@H]3OC(n4cnc5c(N)ncnc54)[C@@H](O)[C@H]3O1)[C@H]2O. The van der Waals surface area contributed by atoms with Crippen molar-refractivity contribution < 1.29 is 46.9 Å². The molecule has 0 aromatic carbocycles. The van der Waals surface area contributed by atoms with Gasteiger partial charge in [-0.15, -0.1) is 0 Å². The van der Waals surface area contributed by atoms with Crippen LogP contribution >= 0.6 is 14.9 Å². The second kappa shape index (κ2) is 10.9. The zero-order valence-electron chi connectivity index (χ0n) is 23.5. The summed E-state index contributed by atoms with van der Waals surface area (Å²) in [5.74, 6) is -0.0944. The van der Waals surface area contributed by atoms with Crippen LogP contribution in [0.2, 0.25) is 0 Å². The molecule has 4 aromatic heterocycles. The summed E-state index contributed by atoms with van der Waals surface area (Å²) < 4.78 is 64.9. The van der Waals surface area contributed by atoms with Crippen molar-refractivity contribution in [2.24, 2.45) is 0 Å². The summed E-state index contributed by atoms with van der Waals surface area (Å²) in [6.45, 7) is -0.960. The lowest BCUT2D eigenvalue weighted by Crippen LogP contribution is -2.36. The van der Waals surface area contributed by atoms with Crippen LogP contribution in [0.4, 0.5) is 11.8 Å². The molecule has 0 amide bonds. The Balaban J connectivity index is 1.21. The van der Waals surface area contributed by atoms with E-state index in [-0.39, 0.29) is 34.1 Å².